The van der Waals surface area contributed by atoms with Gasteiger partial charge in [0.05, 0.1) is 19.3 Å². The summed E-state index contributed by atoms with van der Waals surface area (Å²) in [5.41, 5.74) is 0.149. The molecule has 0 aliphatic carbocycles. The normalized spacial score (nSPS) is 11.2. The summed E-state index contributed by atoms with van der Waals surface area (Å²) in [4.78, 5) is 12.2. The molecule has 0 aliphatic rings. The topological polar surface area (TPSA) is 113 Å². The summed E-state index contributed by atoms with van der Waals surface area (Å²) < 4.78 is 31.8. The number of sulfonamides is 1. The molecule has 128 valence electrons. The molecule has 24 heavy (non-hydrogen) atoms. The fraction of sp³-hybridized carbons (Fsp3) is 0.188. The Morgan fingerprint density at radius 3 is 2.46 bits per heavy atom. The van der Waals surface area contributed by atoms with Crippen molar-refractivity contribution in [3.05, 3.63) is 53.6 Å². The van der Waals surface area contributed by atoms with E-state index in [1.807, 2.05) is 0 Å². The highest BCUT2D eigenvalue weighted by Crippen LogP contribution is 2.32. The summed E-state index contributed by atoms with van der Waals surface area (Å²) in [6.45, 7) is -0.566. The second-order valence-corrected chi connectivity index (χ2v) is 6.57. The number of carbonyl (C=O) groups is 1. The van der Waals surface area contributed by atoms with E-state index in [1.54, 1.807) is 30.3 Å². The standard InChI is InChI=1S/C16H17NO6S/c1-23-14-10-13(19)12(16(20)11-5-3-2-4-6-11)9-15(14)24(21,22)17-7-8-18/h2-6,9-10,17-19H,7-8H2,1H3. The fourth-order valence-corrected chi connectivity index (χ4v) is 3.30. The number of hydrogen-bond donors (Lipinski definition) is 3. The lowest BCUT2D eigenvalue weighted by Gasteiger charge is -2.13. The zero-order valence-corrected chi connectivity index (χ0v) is 13.7. The Labute approximate surface area is 139 Å². The minimum atomic E-state index is -4.02. The Morgan fingerprint density at radius 2 is 1.88 bits per heavy atom. The van der Waals surface area contributed by atoms with Crippen LogP contribution in [-0.2, 0) is 10.0 Å². The monoisotopic (exact) mass is 351 g/mol. The van der Waals surface area contributed by atoms with E-state index in [0.717, 1.165) is 12.1 Å². The van der Waals surface area contributed by atoms with Crippen molar-refractivity contribution >= 4 is 15.8 Å². The Kier molecular flexibility index (Phi) is 5.55. The summed E-state index contributed by atoms with van der Waals surface area (Å²) >= 11 is 0. The van der Waals surface area contributed by atoms with E-state index in [2.05, 4.69) is 4.72 Å². The third-order valence-corrected chi connectivity index (χ3v) is 4.74. The predicted molar refractivity (Wildman–Crippen MR) is 86.8 cm³/mol. The van der Waals surface area contributed by atoms with Crippen LogP contribution in [0.5, 0.6) is 11.5 Å². The minimum absolute atomic E-state index is 0.109. The molecule has 7 nitrogen and oxygen atoms in total. The highest BCUT2D eigenvalue weighted by molar-refractivity contribution is 7.89. The van der Waals surface area contributed by atoms with Crippen LogP contribution in [0.2, 0.25) is 0 Å². The number of aliphatic hydroxyl groups is 1. The molecule has 0 heterocycles. The number of ether oxygens (including phenoxy) is 1. The molecule has 0 unspecified atom stereocenters. The van der Waals surface area contributed by atoms with E-state index < -0.39 is 15.8 Å². The number of aliphatic hydroxyl groups excluding tert-OH is 1. The Bertz CT molecular complexity index is 833. The molecular weight excluding hydrogens is 334 g/mol. The molecule has 3 N–H and O–H groups in total. The Morgan fingerprint density at radius 1 is 1.21 bits per heavy atom. The van der Waals surface area contributed by atoms with Crippen molar-refractivity contribution in [3.8, 4) is 11.5 Å². The number of ketones is 1. The number of aromatic hydroxyl groups is 1. The molecule has 0 aromatic heterocycles. The van der Waals surface area contributed by atoms with Crippen LogP contribution < -0.4 is 9.46 Å². The molecule has 0 saturated carbocycles. The molecule has 0 bridgehead atoms. The highest BCUT2D eigenvalue weighted by Gasteiger charge is 2.24. The molecule has 0 saturated heterocycles. The van der Waals surface area contributed by atoms with Gasteiger partial charge in [-0.3, -0.25) is 4.79 Å². The van der Waals surface area contributed by atoms with Crippen molar-refractivity contribution < 1.29 is 28.2 Å². The van der Waals surface area contributed by atoms with Gasteiger partial charge in [-0.2, -0.15) is 0 Å². The largest absolute Gasteiger partial charge is 0.507 e. The first-order valence-corrected chi connectivity index (χ1v) is 8.50. The van der Waals surface area contributed by atoms with Crippen molar-refractivity contribution in [1.29, 1.82) is 0 Å². The van der Waals surface area contributed by atoms with Gasteiger partial charge in [0.1, 0.15) is 16.4 Å². The molecule has 0 spiro atoms. The van der Waals surface area contributed by atoms with Gasteiger partial charge >= 0.3 is 0 Å². The SMILES string of the molecule is COc1cc(O)c(C(=O)c2ccccc2)cc1S(=O)(=O)NCCO. The van der Waals surface area contributed by atoms with Gasteiger partial charge in [0.2, 0.25) is 10.0 Å². The van der Waals surface area contributed by atoms with E-state index in [1.165, 1.54) is 7.11 Å². The van der Waals surface area contributed by atoms with Crippen molar-refractivity contribution in [1.82, 2.24) is 4.72 Å². The van der Waals surface area contributed by atoms with Gasteiger partial charge < -0.3 is 14.9 Å². The van der Waals surface area contributed by atoms with Crippen molar-refractivity contribution in [3.63, 3.8) is 0 Å². The molecule has 0 atom stereocenters. The van der Waals surface area contributed by atoms with Crippen molar-refractivity contribution in [2.24, 2.45) is 0 Å². The van der Waals surface area contributed by atoms with Gasteiger partial charge in [0.15, 0.2) is 5.78 Å². The van der Waals surface area contributed by atoms with E-state index in [9.17, 15) is 18.3 Å². The zero-order valence-electron chi connectivity index (χ0n) is 12.9. The Hall–Kier alpha value is -2.42. The number of benzene rings is 2. The molecule has 0 radical (unpaired) electrons. The fourth-order valence-electron chi connectivity index (χ4n) is 2.10. The van der Waals surface area contributed by atoms with Gasteiger partial charge in [0, 0.05) is 18.2 Å². The van der Waals surface area contributed by atoms with E-state index in [0.29, 0.717) is 5.56 Å². The second-order valence-electron chi connectivity index (χ2n) is 4.84. The highest BCUT2D eigenvalue weighted by atomic mass is 32.2. The number of nitrogens with one attached hydrogen (secondary N) is 1. The summed E-state index contributed by atoms with van der Waals surface area (Å²) in [6.07, 6.45) is 0. The molecule has 2 aromatic carbocycles. The quantitative estimate of drug-likeness (QED) is 0.639. The van der Waals surface area contributed by atoms with Crippen LogP contribution in [0.15, 0.2) is 47.4 Å². The average Bonchev–Trinajstić information content (AvgIpc) is 2.59. The molecular formula is C16H17NO6S. The van der Waals surface area contributed by atoms with E-state index in [4.69, 9.17) is 9.84 Å². The summed E-state index contributed by atoms with van der Waals surface area (Å²) in [5.74, 6) is -1.02. The summed E-state index contributed by atoms with van der Waals surface area (Å²) in [6, 6.07) is 10.3. The van der Waals surface area contributed by atoms with Gasteiger partial charge in [-0.25, -0.2) is 13.1 Å². The molecule has 2 rings (SSSR count). The molecule has 0 amide bonds. The molecule has 0 fully saturated rings. The third kappa shape index (κ3) is 3.73. The number of phenols is 1. The first-order chi connectivity index (χ1) is 11.4. The van der Waals surface area contributed by atoms with Crippen LogP contribution in [-0.4, -0.2) is 44.7 Å². The van der Waals surface area contributed by atoms with Crippen molar-refractivity contribution in [2.45, 2.75) is 4.90 Å². The predicted octanol–water partition coefficient (Wildman–Crippen LogP) is 0.902. The van der Waals surface area contributed by atoms with E-state index in [-0.39, 0.29) is 35.1 Å². The van der Waals surface area contributed by atoms with Crippen LogP contribution in [0.3, 0.4) is 0 Å². The zero-order chi connectivity index (χ0) is 17.7. The first kappa shape index (κ1) is 17.9. The van der Waals surface area contributed by atoms with Gasteiger partial charge in [0.25, 0.3) is 0 Å². The van der Waals surface area contributed by atoms with Crippen molar-refractivity contribution in [2.75, 3.05) is 20.3 Å². The number of rotatable bonds is 7. The average molecular weight is 351 g/mol. The third-order valence-electron chi connectivity index (χ3n) is 3.26. The number of methoxy groups -OCH3 is 1. The molecule has 0 aliphatic heterocycles. The van der Waals surface area contributed by atoms with Crippen LogP contribution >= 0.6 is 0 Å². The lowest BCUT2D eigenvalue weighted by molar-refractivity contribution is 0.103. The van der Waals surface area contributed by atoms with Gasteiger partial charge in [-0.05, 0) is 6.07 Å². The summed E-state index contributed by atoms with van der Waals surface area (Å²) in [5, 5.41) is 18.9. The maximum atomic E-state index is 12.5. The lowest BCUT2D eigenvalue weighted by atomic mass is 10.0. The maximum Gasteiger partial charge on any atom is 0.244 e. The smallest absolute Gasteiger partial charge is 0.244 e. The minimum Gasteiger partial charge on any atom is -0.507 e. The van der Waals surface area contributed by atoms with Crippen LogP contribution in [0.25, 0.3) is 0 Å². The summed E-state index contributed by atoms with van der Waals surface area (Å²) in [7, 11) is -2.77. The number of phenolic OH excluding ortho intramolecular Hbond substituents is 1. The molecule has 2 aromatic rings. The molecule has 8 heteroatoms. The Balaban J connectivity index is 2.55. The van der Waals surface area contributed by atoms with Gasteiger partial charge in [-0.15, -0.1) is 0 Å². The van der Waals surface area contributed by atoms with E-state index >= 15 is 0 Å². The maximum absolute atomic E-state index is 12.5. The first-order valence-electron chi connectivity index (χ1n) is 7.02. The number of hydrogen-bond acceptors (Lipinski definition) is 6. The lowest BCUT2D eigenvalue weighted by Crippen LogP contribution is -2.27. The number of carbonyl (C=O) groups excluding carboxylic acids is 1. The van der Waals surface area contributed by atoms with Crippen LogP contribution in [0, 0.1) is 0 Å². The van der Waals surface area contributed by atoms with Crippen LogP contribution in [0.4, 0.5) is 0 Å². The second kappa shape index (κ2) is 7.43. The van der Waals surface area contributed by atoms with Gasteiger partial charge in [-0.1, -0.05) is 30.3 Å². The van der Waals surface area contributed by atoms with Crippen LogP contribution in [0.1, 0.15) is 15.9 Å².